The standard InChI is InChI=1S/C10H20O4.C10H20O3.C9H19NO2.4C8H16O3.4C8H16O2/c1-10(2,3)9(11)14-8-7-13-6-5-12-4;1-5-6-12-7-8-13-9(11)10(2,3)4;1-9(2,3)8(11)12-7-6-10(4)5;4*1-8(2,3)7(9)11-6-5-10-4;4*1-5-6-10-7(9)8(2,3)4/h5-8H2,1-4H3;5-8H2,1-4H3;6-7H2,1-5H3;4*5-6H2,1-4H3;4*5-6H2,1-4H3. The van der Waals surface area contributed by atoms with Crippen molar-refractivity contribution in [3.8, 4) is 0 Å². The minimum atomic E-state index is -0.438. The van der Waals surface area contributed by atoms with E-state index in [-0.39, 0.29) is 92.7 Å². The van der Waals surface area contributed by atoms with Crippen LogP contribution in [-0.2, 0) is 138 Å². The molecule has 0 unspecified atom stereocenters. The first kappa shape index (κ1) is 140. The van der Waals surface area contributed by atoms with Crippen molar-refractivity contribution in [1.82, 2.24) is 4.90 Å². The second kappa shape index (κ2) is 78.1. The maximum atomic E-state index is 11.3. The molecular formula is C93H187NO29. The molecule has 123 heavy (non-hydrogen) atoms. The van der Waals surface area contributed by atoms with Gasteiger partial charge in [-0.3, -0.25) is 52.7 Å². The van der Waals surface area contributed by atoms with E-state index in [1.807, 2.05) is 282 Å². The van der Waals surface area contributed by atoms with Gasteiger partial charge < -0.3 is 90.2 Å². The zero-order valence-corrected chi connectivity index (χ0v) is 86.7. The highest BCUT2D eigenvalue weighted by molar-refractivity contribution is 5.79. The van der Waals surface area contributed by atoms with Gasteiger partial charge in [0.05, 0.1) is 139 Å². The van der Waals surface area contributed by atoms with Crippen LogP contribution in [0.15, 0.2) is 0 Å². The number of carbonyl (C=O) groups is 11. The van der Waals surface area contributed by atoms with Crippen molar-refractivity contribution in [2.45, 2.75) is 295 Å². The maximum absolute atomic E-state index is 11.3. The van der Waals surface area contributed by atoms with Crippen molar-refractivity contribution in [3.05, 3.63) is 0 Å². The van der Waals surface area contributed by atoms with E-state index in [0.29, 0.717) is 126 Å². The van der Waals surface area contributed by atoms with Gasteiger partial charge in [-0.1, -0.05) is 34.6 Å². The van der Waals surface area contributed by atoms with Crippen LogP contribution in [-0.4, -0.2) is 259 Å². The molecule has 0 radical (unpaired) electrons. The zero-order chi connectivity index (χ0) is 99.5. The maximum Gasteiger partial charge on any atom is 0.311 e. The van der Waals surface area contributed by atoms with Gasteiger partial charge in [0.15, 0.2) is 0 Å². The van der Waals surface area contributed by atoms with E-state index in [1.165, 1.54) is 0 Å². The lowest BCUT2D eigenvalue weighted by molar-refractivity contribution is -0.155. The lowest BCUT2D eigenvalue weighted by atomic mass is 9.97. The van der Waals surface area contributed by atoms with Crippen LogP contribution in [0.2, 0.25) is 0 Å². The Balaban J connectivity index is -0.000000125. The Bertz CT molecular complexity index is 2390. The van der Waals surface area contributed by atoms with Crippen LogP contribution in [0.25, 0.3) is 0 Å². The average Bonchev–Trinajstić information content (AvgIpc) is 0.913. The number of ether oxygens (including phenoxy) is 18. The van der Waals surface area contributed by atoms with Gasteiger partial charge in [0.1, 0.15) is 46.2 Å². The summed E-state index contributed by atoms with van der Waals surface area (Å²) in [4.78, 5) is 124. The molecule has 0 heterocycles. The minimum Gasteiger partial charge on any atom is -0.465 e. The SMILES string of the molecule is CCCOC(=O)C(C)(C)C.CCCOC(=O)C(C)(C)C.CCCOC(=O)C(C)(C)C.CCCOC(=O)C(C)(C)C.CCCOCCOC(=O)C(C)(C)C.CN(C)CCOC(=O)C(C)(C)C.COCCOC(=O)C(C)(C)C.COCCOC(=O)C(C)(C)C.COCCOC(=O)C(C)(C)C.COCCOC(=O)C(C)(C)C.COCCOCCOC(=O)C(C)(C)C. The van der Waals surface area contributed by atoms with Crippen molar-refractivity contribution >= 4 is 65.7 Å². The highest BCUT2D eigenvalue weighted by Crippen LogP contribution is 2.22. The molecule has 0 saturated heterocycles. The van der Waals surface area contributed by atoms with E-state index in [0.717, 1.165) is 45.3 Å². The molecular weight excluding hydrogens is 1600 g/mol. The Labute approximate surface area is 748 Å². The number of hydrogen-bond donors (Lipinski definition) is 0. The first-order valence-corrected chi connectivity index (χ1v) is 42.8. The number of methoxy groups -OCH3 is 5. The van der Waals surface area contributed by atoms with Crippen LogP contribution in [0.1, 0.15) is 295 Å². The van der Waals surface area contributed by atoms with Crippen molar-refractivity contribution in [2.75, 3.05) is 188 Å². The second-order valence-electron chi connectivity index (χ2n) is 39.2. The zero-order valence-electron chi connectivity index (χ0n) is 86.7. The summed E-state index contributed by atoms with van der Waals surface area (Å²) in [5.74, 6) is -1.72. The number of carbonyl (C=O) groups excluding carboxylic acids is 11. The Hall–Kier alpha value is -6.15. The molecule has 30 nitrogen and oxygen atoms in total. The third-order valence-corrected chi connectivity index (χ3v) is 13.0. The summed E-state index contributed by atoms with van der Waals surface area (Å²) in [6.45, 7) is 80.6. The molecule has 0 aliphatic carbocycles. The topological polar surface area (TPSA) is 357 Å². The first-order valence-electron chi connectivity index (χ1n) is 42.8. The summed E-state index contributed by atoms with van der Waals surface area (Å²) in [6.07, 6.45) is 4.56. The number of likely N-dealkylation sites (N-methyl/N-ethyl adjacent to an activating group) is 1. The molecule has 0 rings (SSSR count). The normalized spacial score (nSPS) is 11.3. The van der Waals surface area contributed by atoms with Gasteiger partial charge >= 0.3 is 65.7 Å². The van der Waals surface area contributed by atoms with Crippen molar-refractivity contribution in [1.29, 1.82) is 0 Å². The van der Waals surface area contributed by atoms with Crippen LogP contribution >= 0.6 is 0 Å². The fourth-order valence-corrected chi connectivity index (χ4v) is 5.23. The van der Waals surface area contributed by atoms with Crippen LogP contribution in [0, 0.1) is 59.6 Å². The average molecular weight is 1780 g/mol. The van der Waals surface area contributed by atoms with Gasteiger partial charge in [-0.2, -0.15) is 0 Å². The van der Waals surface area contributed by atoms with Crippen LogP contribution in [0.4, 0.5) is 0 Å². The molecule has 0 aliphatic heterocycles. The molecule has 0 saturated carbocycles. The molecule has 0 aromatic heterocycles. The fraction of sp³-hybridized carbons (Fsp3) is 0.882. The third-order valence-electron chi connectivity index (χ3n) is 13.0. The number of hydrogen-bond acceptors (Lipinski definition) is 30. The molecule has 0 aromatic rings. The van der Waals surface area contributed by atoms with Crippen LogP contribution < -0.4 is 0 Å². The van der Waals surface area contributed by atoms with E-state index >= 15 is 0 Å². The molecule has 30 heteroatoms. The molecule has 0 fully saturated rings. The Morgan fingerprint density at radius 2 is 0.285 bits per heavy atom. The van der Waals surface area contributed by atoms with E-state index in [9.17, 15) is 52.7 Å². The quantitative estimate of drug-likeness (QED) is 0.0328. The number of esters is 11. The lowest BCUT2D eigenvalue weighted by Crippen LogP contribution is -2.27. The van der Waals surface area contributed by atoms with Gasteiger partial charge in [-0.25, -0.2) is 0 Å². The summed E-state index contributed by atoms with van der Waals surface area (Å²) in [6, 6.07) is 0. The molecule has 0 N–H and O–H groups in total. The van der Waals surface area contributed by atoms with E-state index in [1.54, 1.807) is 35.5 Å². The van der Waals surface area contributed by atoms with E-state index in [4.69, 9.17) is 85.3 Å². The molecule has 0 bridgehead atoms. The minimum absolute atomic E-state index is 0.116. The predicted octanol–water partition coefficient (Wildman–Crippen LogP) is 17.2. The molecule has 0 aliphatic rings. The summed E-state index contributed by atoms with van der Waals surface area (Å²) in [7, 11) is 11.8. The van der Waals surface area contributed by atoms with Gasteiger partial charge in [-0.05, 0) is 275 Å². The van der Waals surface area contributed by atoms with Gasteiger partial charge in [0, 0.05) is 48.7 Å². The summed E-state index contributed by atoms with van der Waals surface area (Å²) in [5.41, 5.74) is -4.28. The van der Waals surface area contributed by atoms with Crippen molar-refractivity contribution < 1.29 is 138 Å². The number of rotatable bonds is 34. The summed E-state index contributed by atoms with van der Waals surface area (Å²) >= 11 is 0. The van der Waals surface area contributed by atoms with Crippen LogP contribution in [0.5, 0.6) is 0 Å². The number of nitrogens with zero attached hydrogens (tertiary/aromatic N) is 1. The Morgan fingerprint density at radius 1 is 0.171 bits per heavy atom. The van der Waals surface area contributed by atoms with Gasteiger partial charge in [-0.15, -0.1) is 0 Å². The predicted molar refractivity (Wildman–Crippen MR) is 486 cm³/mol. The monoisotopic (exact) mass is 1780 g/mol. The molecule has 0 atom stereocenters. The van der Waals surface area contributed by atoms with Crippen molar-refractivity contribution in [2.24, 2.45) is 59.6 Å². The highest BCUT2D eigenvalue weighted by atomic mass is 16.6. The first-order chi connectivity index (χ1) is 55.7. The summed E-state index contributed by atoms with van der Waals surface area (Å²) < 4.78 is 88.2. The van der Waals surface area contributed by atoms with Gasteiger partial charge in [0.2, 0.25) is 0 Å². The largest absolute Gasteiger partial charge is 0.465 e. The molecule has 0 amide bonds. The Morgan fingerprint density at radius 3 is 0.415 bits per heavy atom. The lowest BCUT2D eigenvalue weighted by Gasteiger charge is -2.17. The van der Waals surface area contributed by atoms with Gasteiger partial charge in [0.25, 0.3) is 0 Å². The smallest absolute Gasteiger partial charge is 0.311 e. The molecule has 738 valence electrons. The second-order valence-corrected chi connectivity index (χ2v) is 39.2. The fourth-order valence-electron chi connectivity index (χ4n) is 5.23. The Kier molecular flexibility index (Phi) is 88.9. The summed E-state index contributed by atoms with van der Waals surface area (Å²) in [5, 5.41) is 0. The van der Waals surface area contributed by atoms with E-state index in [2.05, 4.69) is 0 Å². The van der Waals surface area contributed by atoms with Crippen LogP contribution in [0.3, 0.4) is 0 Å². The van der Waals surface area contributed by atoms with Crippen molar-refractivity contribution in [3.63, 3.8) is 0 Å². The molecule has 0 aromatic carbocycles. The molecule has 0 spiro atoms. The highest BCUT2D eigenvalue weighted by Gasteiger charge is 2.30. The third kappa shape index (κ3) is 110. The van der Waals surface area contributed by atoms with E-state index < -0.39 is 32.5 Å².